The summed E-state index contributed by atoms with van der Waals surface area (Å²) in [6.07, 6.45) is 0.826. The van der Waals surface area contributed by atoms with Crippen LogP contribution in [0.1, 0.15) is 29.7 Å². The Bertz CT molecular complexity index is 671. The molecule has 21 heavy (non-hydrogen) atoms. The first-order chi connectivity index (χ1) is 10.1. The first-order valence-electron chi connectivity index (χ1n) is 6.82. The molecule has 0 amide bonds. The van der Waals surface area contributed by atoms with E-state index in [4.69, 9.17) is 23.2 Å². The average Bonchev–Trinajstić information content (AvgIpc) is 2.82. The normalized spacial score (nSPS) is 22.8. The van der Waals surface area contributed by atoms with Gasteiger partial charge in [-0.2, -0.15) is 0 Å². The van der Waals surface area contributed by atoms with Gasteiger partial charge in [-0.15, -0.1) is 0 Å². The summed E-state index contributed by atoms with van der Waals surface area (Å²) in [6.45, 7) is 2.71. The maximum absolute atomic E-state index is 11.7. The largest absolute Gasteiger partial charge is 0.299 e. The molecule has 0 N–H and O–H groups in total. The molecule has 2 aromatic carbocycles. The summed E-state index contributed by atoms with van der Waals surface area (Å²) in [5.41, 5.74) is 3.06. The summed E-state index contributed by atoms with van der Waals surface area (Å²) in [5.74, 6) is 0. The van der Waals surface area contributed by atoms with E-state index < -0.39 is 5.00 Å². The van der Waals surface area contributed by atoms with Crippen molar-refractivity contribution in [3.8, 4) is 0 Å². The number of aldehydes is 1. The average molecular weight is 320 g/mol. The van der Waals surface area contributed by atoms with Gasteiger partial charge in [0.25, 0.3) is 0 Å². The Morgan fingerprint density at radius 3 is 2.52 bits per heavy atom. The van der Waals surface area contributed by atoms with Gasteiger partial charge in [0.15, 0.2) is 11.3 Å². The number of fused-ring (bicyclic) bond motifs is 1. The number of carbonyl (C=O) groups excluding carboxylic acids is 1. The lowest BCUT2D eigenvalue weighted by Crippen LogP contribution is -2.39. The highest BCUT2D eigenvalue weighted by Crippen LogP contribution is 2.45. The Labute approximate surface area is 134 Å². The van der Waals surface area contributed by atoms with Crippen molar-refractivity contribution in [2.75, 3.05) is 0 Å². The smallest absolute Gasteiger partial charge is 0.178 e. The lowest BCUT2D eigenvalue weighted by Gasteiger charge is -2.34. The van der Waals surface area contributed by atoms with E-state index in [2.05, 4.69) is 6.92 Å². The number of benzene rings is 2. The third-order valence-corrected chi connectivity index (χ3v) is 4.89. The van der Waals surface area contributed by atoms with E-state index >= 15 is 0 Å². The van der Waals surface area contributed by atoms with Crippen LogP contribution >= 0.6 is 23.2 Å². The molecule has 2 unspecified atom stereocenters. The van der Waals surface area contributed by atoms with E-state index in [-0.39, 0.29) is 6.04 Å². The summed E-state index contributed by atoms with van der Waals surface area (Å²) in [4.78, 5) is 12.6. The van der Waals surface area contributed by atoms with Crippen molar-refractivity contribution in [1.29, 1.82) is 0 Å². The van der Waals surface area contributed by atoms with E-state index in [9.17, 15) is 4.79 Å². The van der Waals surface area contributed by atoms with Crippen LogP contribution in [0.25, 0.3) is 0 Å². The topological polar surface area (TPSA) is 20.3 Å². The number of hydrogen-bond donors (Lipinski definition) is 0. The lowest BCUT2D eigenvalue weighted by molar-refractivity contribution is -0.115. The molecule has 0 aromatic heterocycles. The maximum Gasteiger partial charge on any atom is 0.178 e. The van der Waals surface area contributed by atoms with Crippen LogP contribution in [0.15, 0.2) is 48.5 Å². The molecule has 2 atom stereocenters. The first kappa shape index (κ1) is 14.6. The zero-order valence-corrected chi connectivity index (χ0v) is 13.1. The Kier molecular flexibility index (Phi) is 3.78. The van der Waals surface area contributed by atoms with E-state index in [1.54, 1.807) is 0 Å². The predicted molar refractivity (Wildman–Crippen MR) is 85.4 cm³/mol. The molecule has 3 rings (SSSR count). The van der Waals surface area contributed by atoms with Crippen LogP contribution in [0.3, 0.4) is 0 Å². The van der Waals surface area contributed by atoms with Crippen molar-refractivity contribution in [2.24, 2.45) is 0 Å². The van der Waals surface area contributed by atoms with Gasteiger partial charge in [0, 0.05) is 17.6 Å². The number of carbonyl (C=O) groups is 1. The fourth-order valence-corrected chi connectivity index (χ4v) is 3.44. The van der Waals surface area contributed by atoms with Gasteiger partial charge in [-0.1, -0.05) is 59.6 Å². The van der Waals surface area contributed by atoms with Crippen molar-refractivity contribution < 1.29 is 4.79 Å². The molecule has 0 radical (unpaired) electrons. The molecule has 4 heteroatoms. The van der Waals surface area contributed by atoms with Crippen LogP contribution in [-0.2, 0) is 16.3 Å². The van der Waals surface area contributed by atoms with Gasteiger partial charge in [-0.3, -0.25) is 9.69 Å². The van der Waals surface area contributed by atoms with Crippen LogP contribution in [0.2, 0.25) is 5.02 Å². The highest BCUT2D eigenvalue weighted by Gasteiger charge is 2.45. The summed E-state index contributed by atoms with van der Waals surface area (Å²) >= 11 is 12.6. The fraction of sp³-hybridized carbons (Fsp3) is 0.235. The second-order valence-electron chi connectivity index (χ2n) is 5.30. The molecule has 108 valence electrons. The Hall–Kier alpha value is -1.35. The standard InChI is InChI=1S/C17H15Cl2NO/c1-12(13-6-8-15(18)9-7-13)20-10-14-4-2-3-5-16(14)17(20,19)11-21/h2-9,11-12H,10H2,1H3. The minimum Gasteiger partial charge on any atom is -0.299 e. The second kappa shape index (κ2) is 5.45. The predicted octanol–water partition coefficient (Wildman–Crippen LogP) is 4.51. The van der Waals surface area contributed by atoms with Gasteiger partial charge in [-0.05, 0) is 35.7 Å². The molecule has 0 fully saturated rings. The molecule has 0 saturated heterocycles. The van der Waals surface area contributed by atoms with E-state index in [1.165, 1.54) is 0 Å². The van der Waals surface area contributed by atoms with Gasteiger partial charge in [0.05, 0.1) is 0 Å². The van der Waals surface area contributed by atoms with Crippen LogP contribution in [0.4, 0.5) is 0 Å². The third-order valence-electron chi connectivity index (χ3n) is 4.13. The van der Waals surface area contributed by atoms with Crippen LogP contribution in [0, 0.1) is 0 Å². The molecule has 1 heterocycles. The molecule has 2 nitrogen and oxygen atoms in total. The maximum atomic E-state index is 11.7. The molecule has 0 bridgehead atoms. The quantitative estimate of drug-likeness (QED) is 0.471. The van der Waals surface area contributed by atoms with Crippen molar-refractivity contribution >= 4 is 29.5 Å². The third kappa shape index (κ3) is 2.38. The van der Waals surface area contributed by atoms with Crippen molar-refractivity contribution in [3.05, 3.63) is 70.2 Å². The zero-order valence-electron chi connectivity index (χ0n) is 11.6. The van der Waals surface area contributed by atoms with E-state index in [0.717, 1.165) is 23.0 Å². The Morgan fingerprint density at radius 2 is 1.86 bits per heavy atom. The molecule has 1 aliphatic rings. The van der Waals surface area contributed by atoms with Crippen LogP contribution in [-0.4, -0.2) is 11.2 Å². The zero-order chi connectivity index (χ0) is 15.0. The molecule has 0 saturated carbocycles. The number of rotatable bonds is 3. The molecular weight excluding hydrogens is 305 g/mol. The van der Waals surface area contributed by atoms with Crippen LogP contribution < -0.4 is 0 Å². The van der Waals surface area contributed by atoms with Gasteiger partial charge in [0.2, 0.25) is 0 Å². The molecular formula is C17H15Cl2NO. The summed E-state index contributed by atoms with van der Waals surface area (Å²) in [7, 11) is 0. The van der Waals surface area contributed by atoms with Gasteiger partial charge < -0.3 is 0 Å². The minimum absolute atomic E-state index is 0.0115. The van der Waals surface area contributed by atoms with E-state index in [0.29, 0.717) is 11.6 Å². The number of hydrogen-bond acceptors (Lipinski definition) is 2. The summed E-state index contributed by atoms with van der Waals surface area (Å²) < 4.78 is 0. The summed E-state index contributed by atoms with van der Waals surface area (Å²) in [5, 5.41) is 0.697. The van der Waals surface area contributed by atoms with E-state index in [1.807, 2.05) is 53.4 Å². The fourth-order valence-electron chi connectivity index (χ4n) is 2.92. The monoisotopic (exact) mass is 319 g/mol. The first-order valence-corrected chi connectivity index (χ1v) is 7.57. The van der Waals surface area contributed by atoms with Crippen molar-refractivity contribution in [2.45, 2.75) is 24.5 Å². The van der Waals surface area contributed by atoms with Crippen molar-refractivity contribution in [3.63, 3.8) is 0 Å². The summed E-state index contributed by atoms with van der Waals surface area (Å²) in [6, 6.07) is 15.5. The minimum atomic E-state index is -1.10. The van der Waals surface area contributed by atoms with Crippen LogP contribution in [0.5, 0.6) is 0 Å². The lowest BCUT2D eigenvalue weighted by atomic mass is 10.0. The number of alkyl halides is 1. The number of halogens is 2. The highest BCUT2D eigenvalue weighted by atomic mass is 35.5. The highest BCUT2D eigenvalue weighted by molar-refractivity contribution is 6.31. The Balaban J connectivity index is 1.99. The molecule has 2 aromatic rings. The van der Waals surface area contributed by atoms with Gasteiger partial charge >= 0.3 is 0 Å². The second-order valence-corrected chi connectivity index (χ2v) is 6.32. The van der Waals surface area contributed by atoms with Gasteiger partial charge in [-0.25, -0.2) is 0 Å². The molecule has 0 aliphatic carbocycles. The Morgan fingerprint density at radius 1 is 1.19 bits per heavy atom. The molecule has 1 aliphatic heterocycles. The van der Waals surface area contributed by atoms with Crippen molar-refractivity contribution in [1.82, 2.24) is 4.90 Å². The van der Waals surface area contributed by atoms with Gasteiger partial charge in [0.1, 0.15) is 0 Å². The SMILES string of the molecule is CC(c1ccc(Cl)cc1)N1Cc2ccccc2C1(Cl)C=O. The molecule has 0 spiro atoms. The number of nitrogens with zero attached hydrogens (tertiary/aromatic N) is 1.